The highest BCUT2D eigenvalue weighted by molar-refractivity contribution is 6.11. The van der Waals surface area contributed by atoms with E-state index in [9.17, 15) is 9.59 Å². The molecular formula is C23H21NO3. The molecule has 4 heteroatoms. The van der Waals surface area contributed by atoms with E-state index in [2.05, 4.69) is 0 Å². The van der Waals surface area contributed by atoms with Crippen molar-refractivity contribution < 1.29 is 14.3 Å². The number of hydrogen-bond acceptors (Lipinski definition) is 3. The van der Waals surface area contributed by atoms with Crippen molar-refractivity contribution in [2.45, 2.75) is 6.54 Å². The number of Topliss-reactive ketones (excluding diaryl/α,β-unsaturated/α-hetero) is 1. The molecule has 0 bridgehead atoms. The summed E-state index contributed by atoms with van der Waals surface area (Å²) >= 11 is 0. The third-order valence-electron chi connectivity index (χ3n) is 4.22. The van der Waals surface area contributed by atoms with Crippen molar-refractivity contribution in [3.05, 3.63) is 102 Å². The number of benzene rings is 3. The largest absolute Gasteiger partial charge is 0.377 e. The first-order chi connectivity index (χ1) is 13.2. The molecule has 3 rings (SSSR count). The van der Waals surface area contributed by atoms with Crippen LogP contribution in [0.1, 0.15) is 26.3 Å². The van der Waals surface area contributed by atoms with Crippen molar-refractivity contribution in [1.82, 2.24) is 0 Å². The van der Waals surface area contributed by atoms with Crippen molar-refractivity contribution in [1.29, 1.82) is 0 Å². The fourth-order valence-corrected chi connectivity index (χ4v) is 2.92. The number of nitrogens with zero attached hydrogens (tertiary/aromatic N) is 1. The maximum atomic E-state index is 13.3. The van der Waals surface area contributed by atoms with Crippen LogP contribution in [0.2, 0.25) is 0 Å². The number of rotatable bonds is 7. The van der Waals surface area contributed by atoms with E-state index in [-0.39, 0.29) is 18.3 Å². The average molecular weight is 359 g/mol. The van der Waals surface area contributed by atoms with Gasteiger partial charge in [0.05, 0.1) is 12.2 Å². The van der Waals surface area contributed by atoms with Gasteiger partial charge in [-0.3, -0.25) is 9.59 Å². The average Bonchev–Trinajstić information content (AvgIpc) is 2.73. The van der Waals surface area contributed by atoms with Gasteiger partial charge < -0.3 is 9.64 Å². The first-order valence-corrected chi connectivity index (χ1v) is 8.72. The third-order valence-corrected chi connectivity index (χ3v) is 4.22. The predicted molar refractivity (Wildman–Crippen MR) is 106 cm³/mol. The molecule has 3 aromatic rings. The molecule has 0 aromatic heterocycles. The molecule has 0 aliphatic heterocycles. The number of ketones is 1. The molecule has 0 atom stereocenters. The number of methoxy groups -OCH3 is 1. The molecule has 27 heavy (non-hydrogen) atoms. The Morgan fingerprint density at radius 2 is 1.41 bits per heavy atom. The van der Waals surface area contributed by atoms with Gasteiger partial charge in [-0.15, -0.1) is 0 Å². The van der Waals surface area contributed by atoms with E-state index in [1.165, 1.54) is 7.11 Å². The van der Waals surface area contributed by atoms with Crippen LogP contribution >= 0.6 is 0 Å². The van der Waals surface area contributed by atoms with Crippen LogP contribution in [0.4, 0.5) is 5.69 Å². The van der Waals surface area contributed by atoms with Crippen LogP contribution in [-0.2, 0) is 11.3 Å². The molecule has 0 N–H and O–H groups in total. The quantitative estimate of drug-likeness (QED) is 0.589. The van der Waals surface area contributed by atoms with E-state index in [0.29, 0.717) is 23.4 Å². The van der Waals surface area contributed by atoms with Gasteiger partial charge in [0.1, 0.15) is 6.61 Å². The van der Waals surface area contributed by atoms with Gasteiger partial charge in [0.2, 0.25) is 0 Å². The van der Waals surface area contributed by atoms with Gasteiger partial charge in [-0.05, 0) is 29.8 Å². The Hall–Kier alpha value is -3.24. The Morgan fingerprint density at radius 3 is 2.07 bits per heavy atom. The van der Waals surface area contributed by atoms with Crippen LogP contribution in [0.3, 0.4) is 0 Å². The third kappa shape index (κ3) is 4.49. The lowest BCUT2D eigenvalue weighted by Crippen LogP contribution is -2.32. The van der Waals surface area contributed by atoms with Crippen molar-refractivity contribution >= 4 is 17.4 Å². The molecule has 0 heterocycles. The summed E-state index contributed by atoms with van der Waals surface area (Å²) in [6.45, 7) is 0.335. The van der Waals surface area contributed by atoms with E-state index in [1.807, 2.05) is 54.6 Å². The number of hydrogen-bond donors (Lipinski definition) is 0. The minimum Gasteiger partial charge on any atom is -0.377 e. The fraction of sp³-hybridized carbons (Fsp3) is 0.130. The van der Waals surface area contributed by atoms with Gasteiger partial charge in [0.25, 0.3) is 5.91 Å². The van der Waals surface area contributed by atoms with Crippen LogP contribution < -0.4 is 4.90 Å². The molecular weight excluding hydrogens is 338 g/mol. The molecule has 1 amide bonds. The van der Waals surface area contributed by atoms with Crippen LogP contribution in [0, 0.1) is 0 Å². The van der Waals surface area contributed by atoms with Crippen LogP contribution in [0.5, 0.6) is 0 Å². The number of para-hydroxylation sites is 1. The number of amides is 1. The molecule has 0 saturated carbocycles. The molecule has 3 aromatic carbocycles. The molecule has 0 aliphatic carbocycles. The number of carbonyl (C=O) groups is 2. The van der Waals surface area contributed by atoms with E-state index in [4.69, 9.17) is 4.74 Å². The highest BCUT2D eigenvalue weighted by atomic mass is 16.5. The van der Waals surface area contributed by atoms with Crippen molar-refractivity contribution in [2.24, 2.45) is 0 Å². The first kappa shape index (κ1) is 18.5. The standard InChI is InChI=1S/C23H21NO3/c1-27-17-22(25)20-14-8-9-15-21(20)24(16-18-10-4-2-5-11-18)23(26)19-12-6-3-7-13-19/h2-15H,16-17H2,1H3. The Bertz CT molecular complexity index is 907. The fourth-order valence-electron chi connectivity index (χ4n) is 2.92. The number of carbonyl (C=O) groups excluding carboxylic acids is 2. The van der Waals surface area contributed by atoms with E-state index >= 15 is 0 Å². The highest BCUT2D eigenvalue weighted by Crippen LogP contribution is 2.25. The molecule has 4 nitrogen and oxygen atoms in total. The highest BCUT2D eigenvalue weighted by Gasteiger charge is 2.23. The summed E-state index contributed by atoms with van der Waals surface area (Å²) in [6.07, 6.45) is 0. The van der Waals surface area contributed by atoms with E-state index in [0.717, 1.165) is 5.56 Å². The first-order valence-electron chi connectivity index (χ1n) is 8.72. The topological polar surface area (TPSA) is 46.6 Å². The zero-order valence-electron chi connectivity index (χ0n) is 15.2. The van der Waals surface area contributed by atoms with Crippen molar-refractivity contribution in [3.63, 3.8) is 0 Å². The molecule has 0 unspecified atom stereocenters. The summed E-state index contributed by atoms with van der Waals surface area (Å²) in [4.78, 5) is 27.4. The second-order valence-corrected chi connectivity index (χ2v) is 6.12. The van der Waals surface area contributed by atoms with Gasteiger partial charge in [0.15, 0.2) is 5.78 Å². The van der Waals surface area contributed by atoms with Crippen molar-refractivity contribution in [2.75, 3.05) is 18.6 Å². The Labute approximate surface area is 159 Å². The lowest BCUT2D eigenvalue weighted by molar-refractivity contribution is 0.0848. The molecule has 0 saturated heterocycles. The van der Waals surface area contributed by atoms with Gasteiger partial charge >= 0.3 is 0 Å². The summed E-state index contributed by atoms with van der Waals surface area (Å²) < 4.78 is 5.00. The Morgan fingerprint density at radius 1 is 0.815 bits per heavy atom. The smallest absolute Gasteiger partial charge is 0.258 e. The normalized spacial score (nSPS) is 10.4. The van der Waals surface area contributed by atoms with E-state index in [1.54, 1.807) is 35.2 Å². The Kier molecular flexibility index (Phi) is 6.13. The van der Waals surface area contributed by atoms with Gasteiger partial charge in [-0.25, -0.2) is 0 Å². The summed E-state index contributed by atoms with van der Waals surface area (Å²) in [6, 6.07) is 26.0. The molecule has 0 fully saturated rings. The predicted octanol–water partition coefficient (Wildman–Crippen LogP) is 4.36. The van der Waals surface area contributed by atoms with Gasteiger partial charge in [-0.1, -0.05) is 60.7 Å². The van der Waals surface area contributed by atoms with Gasteiger partial charge in [0, 0.05) is 18.2 Å². The Balaban J connectivity index is 2.05. The minimum atomic E-state index is -0.160. The van der Waals surface area contributed by atoms with Gasteiger partial charge in [-0.2, -0.15) is 0 Å². The summed E-state index contributed by atoms with van der Waals surface area (Å²) in [5, 5.41) is 0. The maximum Gasteiger partial charge on any atom is 0.258 e. The SMILES string of the molecule is COCC(=O)c1ccccc1N(Cc1ccccc1)C(=O)c1ccccc1. The summed E-state index contributed by atoms with van der Waals surface area (Å²) in [5.41, 5.74) is 2.61. The number of anilines is 1. The zero-order chi connectivity index (χ0) is 19.1. The lowest BCUT2D eigenvalue weighted by Gasteiger charge is -2.25. The van der Waals surface area contributed by atoms with Crippen LogP contribution in [0.15, 0.2) is 84.9 Å². The summed E-state index contributed by atoms with van der Waals surface area (Å²) in [5.74, 6) is -0.316. The monoisotopic (exact) mass is 359 g/mol. The van der Waals surface area contributed by atoms with Crippen LogP contribution in [0.25, 0.3) is 0 Å². The van der Waals surface area contributed by atoms with Crippen molar-refractivity contribution in [3.8, 4) is 0 Å². The van der Waals surface area contributed by atoms with E-state index < -0.39 is 0 Å². The second-order valence-electron chi connectivity index (χ2n) is 6.12. The molecule has 0 spiro atoms. The zero-order valence-corrected chi connectivity index (χ0v) is 15.2. The molecule has 136 valence electrons. The second kappa shape index (κ2) is 8.92. The minimum absolute atomic E-state index is 0.0320. The maximum absolute atomic E-state index is 13.3. The molecule has 0 radical (unpaired) electrons. The lowest BCUT2D eigenvalue weighted by atomic mass is 10.1. The summed E-state index contributed by atoms with van der Waals surface area (Å²) in [7, 11) is 1.48. The molecule has 0 aliphatic rings. The van der Waals surface area contributed by atoms with Crippen LogP contribution in [-0.4, -0.2) is 25.4 Å². The number of ether oxygens (including phenoxy) is 1.